The summed E-state index contributed by atoms with van der Waals surface area (Å²) in [4.78, 5) is 10.6. The van der Waals surface area contributed by atoms with Crippen molar-refractivity contribution >= 4 is 17.4 Å². The molecule has 0 radical (unpaired) electrons. The van der Waals surface area contributed by atoms with Gasteiger partial charge in [-0.15, -0.1) is 11.6 Å². The van der Waals surface area contributed by atoms with Gasteiger partial charge in [0, 0.05) is 24.5 Å². The summed E-state index contributed by atoms with van der Waals surface area (Å²) in [5.74, 6) is 2.17. The van der Waals surface area contributed by atoms with Gasteiger partial charge in [0.15, 0.2) is 0 Å². The van der Waals surface area contributed by atoms with Crippen LogP contribution in [0.4, 0.5) is 5.82 Å². The second-order valence-electron chi connectivity index (χ2n) is 3.98. The zero-order valence-corrected chi connectivity index (χ0v) is 11.4. The summed E-state index contributed by atoms with van der Waals surface area (Å²) in [6, 6.07) is 2.25. The molecular weight excluding hydrogens is 238 g/mol. The molecular formula is C12H20ClN3O. The van der Waals surface area contributed by atoms with Crippen LogP contribution in [0, 0.1) is 0 Å². The Kier molecular flexibility index (Phi) is 6.05. The minimum absolute atomic E-state index is 0.377. The van der Waals surface area contributed by atoms with Crippen molar-refractivity contribution in [3.63, 3.8) is 0 Å². The third-order valence-corrected chi connectivity index (χ3v) is 2.64. The van der Waals surface area contributed by atoms with Crippen LogP contribution in [0.15, 0.2) is 12.4 Å². The van der Waals surface area contributed by atoms with E-state index in [1.165, 1.54) is 6.33 Å². The van der Waals surface area contributed by atoms with Crippen molar-refractivity contribution in [2.24, 2.45) is 0 Å². The average molecular weight is 258 g/mol. The lowest BCUT2D eigenvalue weighted by Crippen LogP contribution is -2.32. The highest BCUT2D eigenvalue weighted by atomic mass is 35.5. The molecule has 1 aromatic rings. The highest BCUT2D eigenvalue weighted by Gasteiger charge is 2.12. The monoisotopic (exact) mass is 257 g/mol. The Balaban J connectivity index is 2.81. The molecule has 0 saturated carbocycles. The highest BCUT2D eigenvalue weighted by molar-refractivity contribution is 6.17. The molecule has 0 amide bonds. The molecule has 0 aliphatic heterocycles. The fourth-order valence-corrected chi connectivity index (χ4v) is 1.70. The fraction of sp³-hybridized carbons (Fsp3) is 0.667. The molecule has 0 atom stereocenters. The maximum absolute atomic E-state index is 5.73. The number of anilines is 1. The number of hydrogen-bond acceptors (Lipinski definition) is 4. The molecule has 17 heavy (non-hydrogen) atoms. The SMILES string of the molecule is CCOc1cc(N(CCCCl)C(C)C)ncn1. The van der Waals surface area contributed by atoms with Gasteiger partial charge in [0.1, 0.15) is 12.1 Å². The second-order valence-corrected chi connectivity index (χ2v) is 4.36. The van der Waals surface area contributed by atoms with Gasteiger partial charge in [-0.05, 0) is 27.2 Å². The second kappa shape index (κ2) is 7.33. The van der Waals surface area contributed by atoms with Crippen LogP contribution in [0.2, 0.25) is 0 Å². The van der Waals surface area contributed by atoms with Crippen LogP contribution in [0.1, 0.15) is 27.2 Å². The van der Waals surface area contributed by atoms with E-state index in [2.05, 4.69) is 28.7 Å². The van der Waals surface area contributed by atoms with E-state index in [1.54, 1.807) is 0 Å². The number of rotatable bonds is 7. The molecule has 96 valence electrons. The molecule has 0 aliphatic rings. The zero-order valence-electron chi connectivity index (χ0n) is 10.7. The van der Waals surface area contributed by atoms with E-state index < -0.39 is 0 Å². The summed E-state index contributed by atoms with van der Waals surface area (Å²) in [5.41, 5.74) is 0. The van der Waals surface area contributed by atoms with Crippen molar-refractivity contribution < 1.29 is 4.74 Å². The van der Waals surface area contributed by atoms with Gasteiger partial charge in [0.25, 0.3) is 0 Å². The summed E-state index contributed by atoms with van der Waals surface area (Å²) in [6.07, 6.45) is 2.48. The molecule has 1 aromatic heterocycles. The first-order chi connectivity index (χ1) is 8.19. The van der Waals surface area contributed by atoms with Gasteiger partial charge >= 0.3 is 0 Å². The molecule has 0 unspecified atom stereocenters. The molecule has 0 bridgehead atoms. The van der Waals surface area contributed by atoms with Gasteiger partial charge in [-0.3, -0.25) is 0 Å². The van der Waals surface area contributed by atoms with Crippen LogP contribution >= 0.6 is 11.6 Å². The first-order valence-corrected chi connectivity index (χ1v) is 6.50. The Morgan fingerprint density at radius 1 is 1.41 bits per heavy atom. The van der Waals surface area contributed by atoms with Crippen LogP contribution in [0.3, 0.4) is 0 Å². The van der Waals surface area contributed by atoms with Gasteiger partial charge in [-0.25, -0.2) is 9.97 Å². The molecule has 4 nitrogen and oxygen atoms in total. The van der Waals surface area contributed by atoms with Crippen LogP contribution in [0.25, 0.3) is 0 Å². The molecule has 0 aliphatic carbocycles. The van der Waals surface area contributed by atoms with E-state index in [0.29, 0.717) is 24.4 Å². The summed E-state index contributed by atoms with van der Waals surface area (Å²) >= 11 is 5.73. The molecule has 5 heteroatoms. The molecule has 0 spiro atoms. The standard InChI is InChI=1S/C12H20ClN3O/c1-4-17-12-8-11(14-9-15-12)16(10(2)3)7-5-6-13/h8-10H,4-7H2,1-3H3. The first kappa shape index (κ1) is 14.0. The van der Waals surface area contributed by atoms with Crippen molar-refractivity contribution in [1.29, 1.82) is 0 Å². The maximum Gasteiger partial charge on any atom is 0.218 e. The number of ether oxygens (including phenoxy) is 1. The van der Waals surface area contributed by atoms with Crippen LogP contribution in [-0.4, -0.2) is 35.0 Å². The van der Waals surface area contributed by atoms with Crippen LogP contribution in [0.5, 0.6) is 5.88 Å². The third kappa shape index (κ3) is 4.38. The Morgan fingerprint density at radius 2 is 2.18 bits per heavy atom. The minimum Gasteiger partial charge on any atom is -0.478 e. The molecule has 0 fully saturated rings. The smallest absolute Gasteiger partial charge is 0.218 e. The van der Waals surface area contributed by atoms with Gasteiger partial charge < -0.3 is 9.64 Å². The third-order valence-electron chi connectivity index (χ3n) is 2.37. The number of aromatic nitrogens is 2. The average Bonchev–Trinajstić information content (AvgIpc) is 2.30. The molecule has 0 N–H and O–H groups in total. The topological polar surface area (TPSA) is 38.2 Å². The minimum atomic E-state index is 0.377. The first-order valence-electron chi connectivity index (χ1n) is 5.96. The summed E-state index contributed by atoms with van der Waals surface area (Å²) in [7, 11) is 0. The van der Waals surface area contributed by atoms with Crippen LogP contribution in [-0.2, 0) is 0 Å². The van der Waals surface area contributed by atoms with E-state index in [0.717, 1.165) is 18.8 Å². The van der Waals surface area contributed by atoms with Gasteiger partial charge in [0.2, 0.25) is 5.88 Å². The quantitative estimate of drug-likeness (QED) is 0.704. The van der Waals surface area contributed by atoms with E-state index in [-0.39, 0.29) is 0 Å². The Bertz CT molecular complexity index is 333. The van der Waals surface area contributed by atoms with Gasteiger partial charge in [0.05, 0.1) is 6.61 Å². The van der Waals surface area contributed by atoms with Crippen molar-refractivity contribution in [2.75, 3.05) is 23.9 Å². The lowest BCUT2D eigenvalue weighted by molar-refractivity contribution is 0.326. The number of halogens is 1. The van der Waals surface area contributed by atoms with Crippen molar-refractivity contribution in [1.82, 2.24) is 9.97 Å². The fourth-order valence-electron chi connectivity index (χ4n) is 1.58. The van der Waals surface area contributed by atoms with Gasteiger partial charge in [-0.2, -0.15) is 0 Å². The molecule has 1 heterocycles. The van der Waals surface area contributed by atoms with E-state index in [9.17, 15) is 0 Å². The zero-order chi connectivity index (χ0) is 12.7. The molecule has 0 saturated heterocycles. The predicted octanol–water partition coefficient (Wildman–Crippen LogP) is 2.72. The van der Waals surface area contributed by atoms with E-state index in [4.69, 9.17) is 16.3 Å². The highest BCUT2D eigenvalue weighted by Crippen LogP contribution is 2.18. The van der Waals surface area contributed by atoms with E-state index >= 15 is 0 Å². The van der Waals surface area contributed by atoms with Crippen LogP contribution < -0.4 is 9.64 Å². The molecule has 0 aromatic carbocycles. The van der Waals surface area contributed by atoms with Crippen molar-refractivity contribution in [2.45, 2.75) is 33.2 Å². The summed E-state index contributed by atoms with van der Waals surface area (Å²) < 4.78 is 5.38. The van der Waals surface area contributed by atoms with E-state index in [1.807, 2.05) is 13.0 Å². The summed E-state index contributed by atoms with van der Waals surface area (Å²) in [6.45, 7) is 7.71. The van der Waals surface area contributed by atoms with Crippen molar-refractivity contribution in [3.8, 4) is 5.88 Å². The Hall–Kier alpha value is -1.03. The Labute approximate surface area is 108 Å². The number of alkyl halides is 1. The Morgan fingerprint density at radius 3 is 2.76 bits per heavy atom. The predicted molar refractivity (Wildman–Crippen MR) is 71.0 cm³/mol. The summed E-state index contributed by atoms with van der Waals surface area (Å²) in [5, 5.41) is 0. The number of nitrogens with zero attached hydrogens (tertiary/aromatic N) is 3. The maximum atomic E-state index is 5.73. The lowest BCUT2D eigenvalue weighted by atomic mass is 10.3. The molecule has 1 rings (SSSR count). The van der Waals surface area contributed by atoms with Crippen molar-refractivity contribution in [3.05, 3.63) is 12.4 Å². The largest absolute Gasteiger partial charge is 0.478 e. The number of hydrogen-bond donors (Lipinski definition) is 0. The lowest BCUT2D eigenvalue weighted by Gasteiger charge is -2.27. The normalized spacial score (nSPS) is 10.6. The van der Waals surface area contributed by atoms with Gasteiger partial charge in [-0.1, -0.05) is 0 Å².